The standard InChI is InChI=1S/C34H67NO6/c1-6-9-12-15-18-21-26-37-32-30(29-40-31(36)24-25-35(4)5)41-34(39-28-23-20-17-14-11-8-3)33(32)38-27-22-19-16-13-10-7-2/h30,32-34H,6-29H2,1-5H3/t30-,32+,33?,34-/m1/s1. The fourth-order valence-corrected chi connectivity index (χ4v) is 5.19. The van der Waals surface area contributed by atoms with Crippen LogP contribution in [-0.4, -0.2) is 82.5 Å². The zero-order valence-electron chi connectivity index (χ0n) is 27.7. The number of hydrogen-bond donors (Lipinski definition) is 0. The van der Waals surface area contributed by atoms with Crippen molar-refractivity contribution in [3.63, 3.8) is 0 Å². The van der Waals surface area contributed by atoms with Gasteiger partial charge in [0, 0.05) is 26.4 Å². The average molecular weight is 586 g/mol. The Morgan fingerprint density at radius 2 is 1.05 bits per heavy atom. The average Bonchev–Trinajstić information content (AvgIpc) is 3.29. The maximum absolute atomic E-state index is 12.4. The molecule has 244 valence electrons. The van der Waals surface area contributed by atoms with Crippen LogP contribution >= 0.6 is 0 Å². The van der Waals surface area contributed by atoms with Gasteiger partial charge in [0.2, 0.25) is 0 Å². The van der Waals surface area contributed by atoms with Gasteiger partial charge >= 0.3 is 5.97 Å². The molecule has 7 heteroatoms. The Morgan fingerprint density at radius 1 is 0.610 bits per heavy atom. The van der Waals surface area contributed by atoms with Gasteiger partial charge in [-0.3, -0.25) is 4.79 Å². The Kier molecular flexibility index (Phi) is 25.1. The number of hydrogen-bond acceptors (Lipinski definition) is 7. The Bertz CT molecular complexity index is 590. The first-order valence-electron chi connectivity index (χ1n) is 17.3. The van der Waals surface area contributed by atoms with Crippen molar-refractivity contribution in [2.24, 2.45) is 0 Å². The first-order chi connectivity index (χ1) is 20.0. The van der Waals surface area contributed by atoms with E-state index in [4.69, 9.17) is 23.7 Å². The SMILES string of the molecule is CCCCCCCCOC1[C@H](OCCCCCCCC)O[C@H](COC(=O)CCN(C)C)[C@@H]1OCCCCCCCC. The summed E-state index contributed by atoms with van der Waals surface area (Å²) in [6.07, 6.45) is 20.7. The number of carbonyl (C=O) groups excluding carboxylic acids is 1. The third kappa shape index (κ3) is 20.0. The van der Waals surface area contributed by atoms with Crippen LogP contribution in [-0.2, 0) is 28.5 Å². The van der Waals surface area contributed by atoms with Crippen LogP contribution in [0.15, 0.2) is 0 Å². The Labute approximate surface area is 253 Å². The van der Waals surface area contributed by atoms with Gasteiger partial charge in [-0.05, 0) is 33.4 Å². The minimum Gasteiger partial charge on any atom is -0.463 e. The zero-order valence-corrected chi connectivity index (χ0v) is 27.7. The minimum absolute atomic E-state index is 0.168. The van der Waals surface area contributed by atoms with Gasteiger partial charge < -0.3 is 28.6 Å². The van der Waals surface area contributed by atoms with Crippen molar-refractivity contribution < 1.29 is 28.5 Å². The second-order valence-corrected chi connectivity index (χ2v) is 12.1. The molecule has 0 aliphatic carbocycles. The van der Waals surface area contributed by atoms with E-state index >= 15 is 0 Å². The summed E-state index contributed by atoms with van der Waals surface area (Å²) in [4.78, 5) is 14.4. The topological polar surface area (TPSA) is 66.5 Å². The summed E-state index contributed by atoms with van der Waals surface area (Å²) < 4.78 is 31.2. The molecular weight excluding hydrogens is 518 g/mol. The fourth-order valence-electron chi connectivity index (χ4n) is 5.19. The molecule has 0 N–H and O–H groups in total. The highest BCUT2D eigenvalue weighted by atomic mass is 16.7. The van der Waals surface area contributed by atoms with Crippen molar-refractivity contribution in [3.05, 3.63) is 0 Å². The fraction of sp³-hybridized carbons (Fsp3) is 0.971. The molecule has 1 aliphatic heterocycles. The molecule has 1 aliphatic rings. The van der Waals surface area contributed by atoms with Crippen LogP contribution in [0.3, 0.4) is 0 Å². The van der Waals surface area contributed by atoms with Crippen molar-refractivity contribution in [1.29, 1.82) is 0 Å². The highest BCUT2D eigenvalue weighted by Gasteiger charge is 2.47. The van der Waals surface area contributed by atoms with Crippen LogP contribution in [0, 0.1) is 0 Å². The lowest BCUT2D eigenvalue weighted by Gasteiger charge is -2.25. The largest absolute Gasteiger partial charge is 0.463 e. The van der Waals surface area contributed by atoms with Gasteiger partial charge in [0.05, 0.1) is 6.42 Å². The predicted molar refractivity (Wildman–Crippen MR) is 168 cm³/mol. The van der Waals surface area contributed by atoms with Gasteiger partial charge in [0.25, 0.3) is 0 Å². The monoisotopic (exact) mass is 585 g/mol. The molecule has 1 rings (SSSR count). The van der Waals surface area contributed by atoms with Crippen LogP contribution in [0.4, 0.5) is 0 Å². The first-order valence-corrected chi connectivity index (χ1v) is 17.3. The summed E-state index contributed by atoms with van der Waals surface area (Å²) in [5.74, 6) is -0.210. The Balaban J connectivity index is 2.74. The zero-order chi connectivity index (χ0) is 30.0. The van der Waals surface area contributed by atoms with E-state index in [1.807, 2.05) is 19.0 Å². The van der Waals surface area contributed by atoms with E-state index in [9.17, 15) is 4.79 Å². The molecule has 1 fully saturated rings. The second-order valence-electron chi connectivity index (χ2n) is 12.1. The predicted octanol–water partition coefficient (Wildman–Crippen LogP) is 8.07. The molecule has 41 heavy (non-hydrogen) atoms. The molecule has 1 heterocycles. The maximum Gasteiger partial charge on any atom is 0.307 e. The molecule has 0 aromatic heterocycles. The second kappa shape index (κ2) is 26.9. The van der Waals surface area contributed by atoms with E-state index in [1.54, 1.807) is 0 Å². The number of esters is 1. The smallest absolute Gasteiger partial charge is 0.307 e. The number of carbonyl (C=O) groups is 1. The molecule has 4 atom stereocenters. The van der Waals surface area contributed by atoms with E-state index < -0.39 is 6.29 Å². The van der Waals surface area contributed by atoms with Crippen molar-refractivity contribution in [3.8, 4) is 0 Å². The van der Waals surface area contributed by atoms with Gasteiger partial charge in [0.1, 0.15) is 24.9 Å². The minimum atomic E-state index is -0.495. The quantitative estimate of drug-likeness (QED) is 0.0649. The number of nitrogens with zero attached hydrogens (tertiary/aromatic N) is 1. The van der Waals surface area contributed by atoms with E-state index in [2.05, 4.69) is 20.8 Å². The highest BCUT2D eigenvalue weighted by molar-refractivity contribution is 5.69. The summed E-state index contributed by atoms with van der Waals surface area (Å²) in [6.45, 7) is 9.54. The molecule has 0 bridgehead atoms. The van der Waals surface area contributed by atoms with Crippen molar-refractivity contribution in [2.45, 2.75) is 167 Å². The summed E-state index contributed by atoms with van der Waals surface area (Å²) >= 11 is 0. The third-order valence-corrected chi connectivity index (χ3v) is 7.84. The summed E-state index contributed by atoms with van der Waals surface area (Å²) in [5.41, 5.74) is 0. The summed E-state index contributed by atoms with van der Waals surface area (Å²) in [5, 5.41) is 0. The summed E-state index contributed by atoms with van der Waals surface area (Å²) in [7, 11) is 3.91. The number of unbranched alkanes of at least 4 members (excludes halogenated alkanes) is 15. The van der Waals surface area contributed by atoms with Crippen molar-refractivity contribution >= 4 is 5.97 Å². The molecule has 0 spiro atoms. The van der Waals surface area contributed by atoms with Gasteiger partial charge in [-0.25, -0.2) is 0 Å². The van der Waals surface area contributed by atoms with Crippen molar-refractivity contribution in [1.82, 2.24) is 4.90 Å². The molecule has 1 saturated heterocycles. The van der Waals surface area contributed by atoms with E-state index in [0.717, 1.165) is 19.3 Å². The van der Waals surface area contributed by atoms with Gasteiger partial charge in [-0.1, -0.05) is 117 Å². The Morgan fingerprint density at radius 3 is 1.54 bits per heavy atom. The molecule has 0 aromatic carbocycles. The van der Waals surface area contributed by atoms with Crippen LogP contribution in [0.2, 0.25) is 0 Å². The molecule has 0 radical (unpaired) electrons. The van der Waals surface area contributed by atoms with Crippen molar-refractivity contribution in [2.75, 3.05) is 47.1 Å². The molecule has 0 aromatic rings. The number of ether oxygens (including phenoxy) is 5. The highest BCUT2D eigenvalue weighted by Crippen LogP contribution is 2.29. The van der Waals surface area contributed by atoms with Crippen LogP contribution < -0.4 is 0 Å². The van der Waals surface area contributed by atoms with Gasteiger partial charge in [-0.2, -0.15) is 0 Å². The van der Waals surface area contributed by atoms with Crippen LogP contribution in [0.1, 0.15) is 143 Å². The third-order valence-electron chi connectivity index (χ3n) is 7.84. The van der Waals surface area contributed by atoms with Crippen LogP contribution in [0.25, 0.3) is 0 Å². The lowest BCUT2D eigenvalue weighted by atomic mass is 10.1. The van der Waals surface area contributed by atoms with Crippen LogP contribution in [0.5, 0.6) is 0 Å². The van der Waals surface area contributed by atoms with Gasteiger partial charge in [-0.15, -0.1) is 0 Å². The molecular formula is C34H67NO6. The van der Waals surface area contributed by atoms with E-state index in [0.29, 0.717) is 32.8 Å². The molecule has 7 nitrogen and oxygen atoms in total. The number of rotatable bonds is 29. The maximum atomic E-state index is 12.4. The lowest BCUT2D eigenvalue weighted by Crippen LogP contribution is -2.40. The Hall–Kier alpha value is -0.730. The summed E-state index contributed by atoms with van der Waals surface area (Å²) in [6, 6.07) is 0. The van der Waals surface area contributed by atoms with Gasteiger partial charge in [0.15, 0.2) is 6.29 Å². The normalized spacial score (nSPS) is 20.7. The van der Waals surface area contributed by atoms with E-state index in [-0.39, 0.29) is 30.9 Å². The molecule has 0 saturated carbocycles. The lowest BCUT2D eigenvalue weighted by molar-refractivity contribution is -0.184. The first kappa shape index (κ1) is 38.3. The molecule has 1 unspecified atom stereocenters. The molecule has 0 amide bonds. The van der Waals surface area contributed by atoms with E-state index in [1.165, 1.54) is 96.3 Å².